The van der Waals surface area contributed by atoms with Crippen LogP contribution in [0.15, 0.2) is 36.5 Å². The van der Waals surface area contributed by atoms with Gasteiger partial charge in [0.15, 0.2) is 0 Å². The van der Waals surface area contributed by atoms with Crippen molar-refractivity contribution in [2.75, 3.05) is 0 Å². The van der Waals surface area contributed by atoms with Crippen molar-refractivity contribution in [2.24, 2.45) is 0 Å². The number of hydrogen-bond acceptors (Lipinski definition) is 0. The van der Waals surface area contributed by atoms with Crippen molar-refractivity contribution in [1.29, 1.82) is 0 Å². The van der Waals surface area contributed by atoms with Gasteiger partial charge in [0.05, 0.1) is 0 Å². The molecule has 0 fully saturated rings. The maximum Gasteiger partial charge on any atom is -0.0348 e. The predicted octanol–water partition coefficient (Wildman–Crippen LogP) is 6.74. The summed E-state index contributed by atoms with van der Waals surface area (Å²) in [5, 5.41) is 0. The first kappa shape index (κ1) is 16.3. The Kier molecular flexibility index (Phi) is 11.7. The Morgan fingerprint density at radius 3 is 1.00 bits per heavy atom. The molecule has 0 amide bonds. The Bertz CT molecular complexity index is 231. The lowest BCUT2D eigenvalue weighted by Crippen LogP contribution is -1.82. The lowest BCUT2D eigenvalue weighted by atomic mass is 10.0. The van der Waals surface area contributed by atoms with Crippen molar-refractivity contribution in [1.82, 2.24) is 0 Å². The first-order valence-corrected chi connectivity index (χ1v) is 8.48. The molecule has 0 saturated heterocycles. The first-order valence-electron chi connectivity index (χ1n) is 8.48. The fourth-order valence-electron chi connectivity index (χ4n) is 2.59. The van der Waals surface area contributed by atoms with Crippen LogP contribution < -0.4 is 0 Å². The van der Waals surface area contributed by atoms with Crippen molar-refractivity contribution in [2.45, 2.75) is 83.5 Å². The zero-order valence-electron chi connectivity index (χ0n) is 12.7. The van der Waals surface area contributed by atoms with Crippen LogP contribution in [-0.2, 0) is 0 Å². The van der Waals surface area contributed by atoms with E-state index in [2.05, 4.69) is 36.5 Å². The van der Waals surface area contributed by atoms with Crippen molar-refractivity contribution < 1.29 is 0 Å². The molecule has 1 rings (SSSR count). The highest BCUT2D eigenvalue weighted by Gasteiger charge is 1.93. The quantitative estimate of drug-likeness (QED) is 0.452. The summed E-state index contributed by atoms with van der Waals surface area (Å²) < 4.78 is 0. The second-order valence-electron chi connectivity index (χ2n) is 5.71. The molecule has 0 aromatic heterocycles. The van der Waals surface area contributed by atoms with Gasteiger partial charge in [-0.15, -0.1) is 0 Å². The molecule has 0 aromatic carbocycles. The van der Waals surface area contributed by atoms with E-state index in [1.54, 1.807) is 0 Å². The second-order valence-corrected chi connectivity index (χ2v) is 5.71. The molecule has 108 valence electrons. The van der Waals surface area contributed by atoms with Crippen LogP contribution in [0.25, 0.3) is 0 Å². The van der Waals surface area contributed by atoms with Gasteiger partial charge < -0.3 is 0 Å². The zero-order chi connectivity index (χ0) is 13.4. The van der Waals surface area contributed by atoms with Crippen LogP contribution >= 0.6 is 0 Å². The Balaban J connectivity index is 2.19. The normalized spacial score (nSPS) is 24.8. The monoisotopic (exact) mass is 260 g/mol. The number of rotatable bonds is 0. The zero-order valence-corrected chi connectivity index (χ0v) is 12.7. The molecule has 0 radical (unpaired) electrons. The van der Waals surface area contributed by atoms with E-state index in [9.17, 15) is 0 Å². The summed E-state index contributed by atoms with van der Waals surface area (Å²) in [6, 6.07) is 0. The summed E-state index contributed by atoms with van der Waals surface area (Å²) in [6.45, 7) is 0. The summed E-state index contributed by atoms with van der Waals surface area (Å²) >= 11 is 0. The maximum atomic E-state index is 2.30. The van der Waals surface area contributed by atoms with Crippen LogP contribution in [0.5, 0.6) is 0 Å². The van der Waals surface area contributed by atoms with E-state index in [-0.39, 0.29) is 0 Å². The van der Waals surface area contributed by atoms with Gasteiger partial charge in [0.25, 0.3) is 0 Å². The molecule has 0 heteroatoms. The molecule has 0 atom stereocenters. The van der Waals surface area contributed by atoms with Crippen molar-refractivity contribution in [3.8, 4) is 0 Å². The Hall–Kier alpha value is -0.780. The van der Waals surface area contributed by atoms with Gasteiger partial charge in [-0.25, -0.2) is 0 Å². The average Bonchev–Trinajstić information content (AvgIpc) is 2.43. The molecule has 0 spiro atoms. The van der Waals surface area contributed by atoms with Crippen LogP contribution in [0.2, 0.25) is 0 Å². The van der Waals surface area contributed by atoms with E-state index in [0.717, 1.165) is 0 Å². The van der Waals surface area contributed by atoms with Gasteiger partial charge in [-0.1, -0.05) is 94.2 Å². The van der Waals surface area contributed by atoms with Gasteiger partial charge in [-0.2, -0.15) is 0 Å². The van der Waals surface area contributed by atoms with Crippen LogP contribution in [0.1, 0.15) is 83.5 Å². The summed E-state index contributed by atoms with van der Waals surface area (Å²) in [7, 11) is 0. The summed E-state index contributed by atoms with van der Waals surface area (Å²) in [5.74, 6) is 0. The molecule has 1 aliphatic rings. The third-order valence-corrected chi connectivity index (χ3v) is 3.85. The van der Waals surface area contributed by atoms with E-state index in [4.69, 9.17) is 0 Å². The fourth-order valence-corrected chi connectivity index (χ4v) is 2.59. The maximum absolute atomic E-state index is 2.30. The molecule has 0 nitrogen and oxygen atoms in total. The van der Waals surface area contributed by atoms with Gasteiger partial charge >= 0.3 is 0 Å². The van der Waals surface area contributed by atoms with Gasteiger partial charge in [-0.05, 0) is 25.7 Å². The largest absolute Gasteiger partial charge is 0.0845 e. The van der Waals surface area contributed by atoms with E-state index >= 15 is 0 Å². The van der Waals surface area contributed by atoms with E-state index in [0.29, 0.717) is 0 Å². The summed E-state index contributed by atoms with van der Waals surface area (Å²) in [6.07, 6.45) is 31.5. The van der Waals surface area contributed by atoms with E-state index in [1.807, 2.05) is 0 Å². The molecule has 0 aromatic rings. The highest BCUT2D eigenvalue weighted by Crippen LogP contribution is 2.12. The Morgan fingerprint density at radius 1 is 0.316 bits per heavy atom. The van der Waals surface area contributed by atoms with Gasteiger partial charge in [0.2, 0.25) is 0 Å². The van der Waals surface area contributed by atoms with Gasteiger partial charge in [0, 0.05) is 0 Å². The van der Waals surface area contributed by atoms with Crippen LogP contribution in [0.4, 0.5) is 0 Å². The smallest absolute Gasteiger partial charge is 0.0348 e. The van der Waals surface area contributed by atoms with Gasteiger partial charge in [-0.3, -0.25) is 0 Å². The minimum Gasteiger partial charge on any atom is -0.0845 e. The highest BCUT2D eigenvalue weighted by molar-refractivity contribution is 5.10. The van der Waals surface area contributed by atoms with Crippen molar-refractivity contribution >= 4 is 0 Å². The van der Waals surface area contributed by atoms with Crippen LogP contribution in [-0.4, -0.2) is 0 Å². The number of hydrogen-bond donors (Lipinski definition) is 0. The molecule has 0 heterocycles. The standard InChI is InChI=1S/C19H32/c1-2-4-6-8-10-12-14-16-18-19-17-15-13-11-9-7-5-3-1/h1-6H,7-19H2/b2-1+,5-3+,6-4?. The van der Waals surface area contributed by atoms with Crippen LogP contribution in [0.3, 0.4) is 0 Å². The van der Waals surface area contributed by atoms with Gasteiger partial charge in [0.1, 0.15) is 0 Å². The minimum absolute atomic E-state index is 1.24. The van der Waals surface area contributed by atoms with E-state index < -0.39 is 0 Å². The molecule has 19 heavy (non-hydrogen) atoms. The van der Waals surface area contributed by atoms with Crippen molar-refractivity contribution in [3.05, 3.63) is 36.5 Å². The molecular weight excluding hydrogens is 228 g/mol. The lowest BCUT2D eigenvalue weighted by molar-refractivity contribution is 0.547. The van der Waals surface area contributed by atoms with Crippen LogP contribution in [0, 0.1) is 0 Å². The fraction of sp³-hybridized carbons (Fsp3) is 0.684. The molecular formula is C19H32. The Labute approximate surface area is 120 Å². The summed E-state index contributed by atoms with van der Waals surface area (Å²) in [5.41, 5.74) is 0. The molecule has 0 unspecified atom stereocenters. The lowest BCUT2D eigenvalue weighted by Gasteiger charge is -2.02. The molecule has 1 aliphatic carbocycles. The third kappa shape index (κ3) is 12.0. The molecule has 0 aliphatic heterocycles. The average molecular weight is 260 g/mol. The molecule has 0 N–H and O–H groups in total. The minimum atomic E-state index is 1.24. The highest BCUT2D eigenvalue weighted by atomic mass is 14.0. The SMILES string of the molecule is C1=CCCCCCCCCCCCCC/C=C/C=C/1. The first-order chi connectivity index (χ1) is 9.50. The third-order valence-electron chi connectivity index (χ3n) is 3.85. The Morgan fingerprint density at radius 2 is 0.632 bits per heavy atom. The molecule has 0 saturated carbocycles. The topological polar surface area (TPSA) is 0 Å². The second kappa shape index (κ2) is 13.6. The van der Waals surface area contributed by atoms with Crippen molar-refractivity contribution in [3.63, 3.8) is 0 Å². The predicted molar refractivity (Wildman–Crippen MR) is 87.4 cm³/mol. The van der Waals surface area contributed by atoms with E-state index in [1.165, 1.54) is 83.5 Å². The summed E-state index contributed by atoms with van der Waals surface area (Å²) in [4.78, 5) is 0. The number of allylic oxidation sites excluding steroid dienone is 6. The molecule has 0 bridgehead atoms.